The molecule has 1 atom stereocenters. The van der Waals surface area contributed by atoms with E-state index < -0.39 is 6.10 Å². The maximum Gasteiger partial charge on any atom is 0.306 e. The molecule has 0 aliphatic rings. The number of hydrogen-bond donors (Lipinski definition) is 2. The molecule has 0 heterocycles. The number of aliphatic hydroxyl groups excluding tert-OH is 1. The van der Waals surface area contributed by atoms with Crippen LogP contribution in [0.5, 0.6) is 0 Å². The predicted molar refractivity (Wildman–Crippen MR) is 105 cm³/mol. The average molecular weight is 373 g/mol. The van der Waals surface area contributed by atoms with E-state index in [9.17, 15) is 4.79 Å². The summed E-state index contributed by atoms with van der Waals surface area (Å²) in [5.41, 5.74) is 0. The van der Waals surface area contributed by atoms with Crippen LogP contribution in [0.3, 0.4) is 0 Å². The lowest BCUT2D eigenvalue weighted by molar-refractivity contribution is -0.261. The minimum absolute atomic E-state index is 0.200. The van der Waals surface area contributed by atoms with Crippen LogP contribution in [0.2, 0.25) is 0 Å². The minimum Gasteiger partial charge on any atom is -0.457 e. The third-order valence-electron chi connectivity index (χ3n) is 4.40. The summed E-state index contributed by atoms with van der Waals surface area (Å²) in [6.45, 7) is 1.70. The first-order chi connectivity index (χ1) is 12.7. The standard InChI is InChI=1S/C21H40O5/c1-2-3-4-5-6-7-8-9-10-11-12-13-14-15-16-17-21(23)26-20(18-22)19-25-24/h9-10,20,22,24H,2-8,11-19H2,1H3/b10-9-/t20-/m0/s1. The van der Waals surface area contributed by atoms with Gasteiger partial charge in [0.05, 0.1) is 6.61 Å². The van der Waals surface area contributed by atoms with Crippen LogP contribution in [-0.2, 0) is 14.4 Å². The first kappa shape index (κ1) is 25.1. The molecule has 5 heteroatoms. The molecule has 0 fully saturated rings. The zero-order valence-electron chi connectivity index (χ0n) is 16.7. The summed E-state index contributed by atoms with van der Waals surface area (Å²) < 4.78 is 4.98. The highest BCUT2D eigenvalue weighted by atomic mass is 17.1. The fraction of sp³-hybridized carbons (Fsp3) is 0.857. The molecule has 0 saturated heterocycles. The largest absolute Gasteiger partial charge is 0.457 e. The van der Waals surface area contributed by atoms with Crippen molar-refractivity contribution in [1.82, 2.24) is 0 Å². The van der Waals surface area contributed by atoms with Crippen molar-refractivity contribution in [2.24, 2.45) is 0 Å². The lowest BCUT2D eigenvalue weighted by atomic mass is 10.1. The third-order valence-corrected chi connectivity index (χ3v) is 4.40. The number of esters is 1. The van der Waals surface area contributed by atoms with E-state index in [1.165, 1.54) is 57.8 Å². The Labute approximate surface area is 159 Å². The summed E-state index contributed by atoms with van der Waals surface area (Å²) >= 11 is 0. The van der Waals surface area contributed by atoms with Crippen LogP contribution in [0.1, 0.15) is 96.8 Å². The monoisotopic (exact) mass is 372 g/mol. The Morgan fingerprint density at radius 2 is 1.42 bits per heavy atom. The van der Waals surface area contributed by atoms with Gasteiger partial charge in [-0.25, -0.2) is 4.89 Å². The highest BCUT2D eigenvalue weighted by Gasteiger charge is 2.13. The summed E-state index contributed by atoms with van der Waals surface area (Å²) in [5.74, 6) is -0.348. The number of unbranched alkanes of at least 4 members (excludes halogenated alkanes) is 11. The molecule has 5 nitrogen and oxygen atoms in total. The second-order valence-corrected chi connectivity index (χ2v) is 6.92. The molecule has 0 aromatic carbocycles. The van der Waals surface area contributed by atoms with Crippen LogP contribution >= 0.6 is 0 Å². The van der Waals surface area contributed by atoms with E-state index in [-0.39, 0.29) is 19.2 Å². The second-order valence-electron chi connectivity index (χ2n) is 6.92. The van der Waals surface area contributed by atoms with Gasteiger partial charge in [-0.15, -0.1) is 0 Å². The Morgan fingerprint density at radius 1 is 0.885 bits per heavy atom. The van der Waals surface area contributed by atoms with Crippen LogP contribution < -0.4 is 0 Å². The SMILES string of the molecule is CCCCCCCC/C=C\CCCCCCCC(=O)O[C@@H](CO)COO. The molecule has 0 bridgehead atoms. The molecule has 0 spiro atoms. The lowest BCUT2D eigenvalue weighted by Crippen LogP contribution is -2.26. The molecule has 0 aromatic heterocycles. The van der Waals surface area contributed by atoms with Crippen LogP contribution in [0, 0.1) is 0 Å². The second kappa shape index (κ2) is 20.4. The third kappa shape index (κ3) is 17.9. The maximum atomic E-state index is 11.5. The van der Waals surface area contributed by atoms with E-state index in [1.54, 1.807) is 0 Å². The number of carbonyl (C=O) groups is 1. The van der Waals surface area contributed by atoms with Gasteiger partial charge in [-0.3, -0.25) is 10.1 Å². The molecular weight excluding hydrogens is 332 g/mol. The Morgan fingerprint density at radius 3 is 1.96 bits per heavy atom. The average Bonchev–Trinajstić information content (AvgIpc) is 2.64. The summed E-state index contributed by atoms with van der Waals surface area (Å²) in [7, 11) is 0. The highest BCUT2D eigenvalue weighted by Crippen LogP contribution is 2.10. The summed E-state index contributed by atoms with van der Waals surface area (Å²) in [5, 5.41) is 17.2. The summed E-state index contributed by atoms with van der Waals surface area (Å²) in [6.07, 6.45) is 20.0. The van der Waals surface area contributed by atoms with Gasteiger partial charge in [-0.1, -0.05) is 70.4 Å². The zero-order chi connectivity index (χ0) is 19.3. The summed E-state index contributed by atoms with van der Waals surface area (Å²) in [6, 6.07) is 0. The fourth-order valence-electron chi connectivity index (χ4n) is 2.79. The molecule has 26 heavy (non-hydrogen) atoms. The number of aliphatic hydroxyl groups is 1. The Balaban J connectivity index is 3.32. The number of ether oxygens (including phenoxy) is 1. The fourth-order valence-corrected chi connectivity index (χ4v) is 2.79. The van der Waals surface area contributed by atoms with Gasteiger partial charge < -0.3 is 9.84 Å². The van der Waals surface area contributed by atoms with E-state index in [2.05, 4.69) is 24.0 Å². The molecule has 0 unspecified atom stereocenters. The van der Waals surface area contributed by atoms with E-state index in [1.807, 2.05) is 0 Å². The lowest BCUT2D eigenvalue weighted by Gasteiger charge is -2.13. The minimum atomic E-state index is -0.782. The van der Waals surface area contributed by atoms with E-state index in [0.29, 0.717) is 6.42 Å². The van der Waals surface area contributed by atoms with E-state index in [0.717, 1.165) is 25.7 Å². The predicted octanol–water partition coefficient (Wildman–Crippen LogP) is 5.42. The quantitative estimate of drug-likeness (QED) is 0.104. The van der Waals surface area contributed by atoms with Gasteiger partial charge >= 0.3 is 5.97 Å². The van der Waals surface area contributed by atoms with Crippen LogP contribution in [0.25, 0.3) is 0 Å². The van der Waals surface area contributed by atoms with Gasteiger partial charge in [0.2, 0.25) is 0 Å². The molecule has 0 aromatic rings. The van der Waals surface area contributed by atoms with Gasteiger partial charge in [0.1, 0.15) is 6.61 Å². The molecule has 0 amide bonds. The van der Waals surface area contributed by atoms with Crippen LogP contribution in [0.4, 0.5) is 0 Å². The molecule has 0 rings (SSSR count). The van der Waals surface area contributed by atoms with Gasteiger partial charge in [-0.05, 0) is 32.1 Å². The number of allylic oxidation sites excluding steroid dienone is 2. The molecule has 0 radical (unpaired) electrons. The van der Waals surface area contributed by atoms with Crippen molar-refractivity contribution in [1.29, 1.82) is 0 Å². The van der Waals surface area contributed by atoms with Gasteiger partial charge in [0.25, 0.3) is 0 Å². The molecule has 154 valence electrons. The first-order valence-electron chi connectivity index (χ1n) is 10.5. The van der Waals surface area contributed by atoms with Crippen molar-refractivity contribution in [3.8, 4) is 0 Å². The van der Waals surface area contributed by atoms with Gasteiger partial charge in [0.15, 0.2) is 6.10 Å². The van der Waals surface area contributed by atoms with Crippen molar-refractivity contribution in [2.75, 3.05) is 13.2 Å². The topological polar surface area (TPSA) is 76.0 Å². The maximum absolute atomic E-state index is 11.5. The van der Waals surface area contributed by atoms with E-state index in [4.69, 9.17) is 15.1 Å². The molecule has 0 aliphatic carbocycles. The normalized spacial score (nSPS) is 12.6. The van der Waals surface area contributed by atoms with Crippen molar-refractivity contribution in [3.63, 3.8) is 0 Å². The Hall–Kier alpha value is -0.910. The smallest absolute Gasteiger partial charge is 0.306 e. The Bertz CT molecular complexity index is 330. The number of hydrogen-bond acceptors (Lipinski definition) is 5. The number of rotatable bonds is 19. The summed E-state index contributed by atoms with van der Waals surface area (Å²) in [4.78, 5) is 15.4. The number of carbonyl (C=O) groups excluding carboxylic acids is 1. The van der Waals surface area contributed by atoms with Gasteiger partial charge in [0, 0.05) is 6.42 Å². The first-order valence-corrected chi connectivity index (χ1v) is 10.5. The van der Waals surface area contributed by atoms with Crippen molar-refractivity contribution < 1.29 is 24.8 Å². The van der Waals surface area contributed by atoms with Gasteiger partial charge in [-0.2, -0.15) is 0 Å². The van der Waals surface area contributed by atoms with Crippen molar-refractivity contribution in [2.45, 2.75) is 103 Å². The van der Waals surface area contributed by atoms with E-state index >= 15 is 0 Å². The molecule has 2 N–H and O–H groups in total. The zero-order valence-corrected chi connectivity index (χ0v) is 16.7. The molecule has 0 aliphatic heterocycles. The highest BCUT2D eigenvalue weighted by molar-refractivity contribution is 5.69. The van der Waals surface area contributed by atoms with Crippen LogP contribution in [0.15, 0.2) is 12.2 Å². The Kier molecular flexibility index (Phi) is 19.7. The molecule has 0 saturated carbocycles. The van der Waals surface area contributed by atoms with Crippen LogP contribution in [-0.4, -0.2) is 35.7 Å². The van der Waals surface area contributed by atoms with Crippen molar-refractivity contribution >= 4 is 5.97 Å². The molecular formula is C21H40O5. The van der Waals surface area contributed by atoms with Crippen molar-refractivity contribution in [3.05, 3.63) is 12.2 Å².